The molecule has 5 aliphatic rings. The zero-order valence-corrected chi connectivity index (χ0v) is 22.7. The molecule has 0 spiro atoms. The highest BCUT2D eigenvalue weighted by atomic mass is 16.7. The van der Waals surface area contributed by atoms with Gasteiger partial charge in [-0.25, -0.2) is 10.3 Å². The summed E-state index contributed by atoms with van der Waals surface area (Å²) in [5.74, 6) is -3.27. The predicted molar refractivity (Wildman–Crippen MR) is 150 cm³/mol. The number of nitrogens with one attached hydrogen (secondary N) is 1. The van der Waals surface area contributed by atoms with Crippen LogP contribution in [0.4, 0.5) is 5.69 Å². The maximum atomic E-state index is 14.5. The van der Waals surface area contributed by atoms with E-state index in [0.717, 1.165) is 22.3 Å². The molecule has 2 saturated heterocycles. The summed E-state index contributed by atoms with van der Waals surface area (Å²) in [6.07, 6.45) is 1.61. The van der Waals surface area contributed by atoms with Crippen LogP contribution in [0.3, 0.4) is 0 Å². The third-order valence-electron chi connectivity index (χ3n) is 8.85. The minimum absolute atomic E-state index is 0.0301. The van der Waals surface area contributed by atoms with E-state index < -0.39 is 23.0 Å². The number of benzene rings is 3. The van der Waals surface area contributed by atoms with Crippen LogP contribution in [0.2, 0.25) is 0 Å². The quantitative estimate of drug-likeness (QED) is 0.286. The maximum Gasteiger partial charge on any atom is 0.245 e. The maximum absolute atomic E-state index is 14.5. The van der Waals surface area contributed by atoms with Crippen molar-refractivity contribution < 1.29 is 28.6 Å². The van der Waals surface area contributed by atoms with E-state index in [2.05, 4.69) is 10.5 Å². The summed E-state index contributed by atoms with van der Waals surface area (Å²) < 4.78 is 16.7. The van der Waals surface area contributed by atoms with Crippen LogP contribution in [0.25, 0.3) is 0 Å². The third kappa shape index (κ3) is 3.62. The lowest BCUT2D eigenvalue weighted by Crippen LogP contribution is -2.54. The Morgan fingerprint density at radius 1 is 0.976 bits per heavy atom. The van der Waals surface area contributed by atoms with Crippen molar-refractivity contribution in [3.05, 3.63) is 95.1 Å². The molecule has 0 aromatic heterocycles. The Balaban J connectivity index is 1.36. The number of imide groups is 1. The molecule has 0 saturated carbocycles. The molecule has 2 fully saturated rings. The highest BCUT2D eigenvalue weighted by Crippen LogP contribution is 2.63. The van der Waals surface area contributed by atoms with Gasteiger partial charge in [-0.05, 0) is 41.3 Å². The van der Waals surface area contributed by atoms with Gasteiger partial charge in [-0.3, -0.25) is 14.4 Å². The van der Waals surface area contributed by atoms with Gasteiger partial charge < -0.3 is 14.2 Å². The Bertz CT molecular complexity index is 1560. The van der Waals surface area contributed by atoms with Crippen LogP contribution in [0.1, 0.15) is 41.5 Å². The summed E-state index contributed by atoms with van der Waals surface area (Å²) in [7, 11) is 1.52. The predicted octanol–water partition coefficient (Wildman–Crippen LogP) is 3.50. The van der Waals surface area contributed by atoms with Gasteiger partial charge in [0.15, 0.2) is 5.79 Å². The first kappa shape index (κ1) is 25.6. The van der Waals surface area contributed by atoms with E-state index >= 15 is 0 Å². The smallest absolute Gasteiger partial charge is 0.245 e. The van der Waals surface area contributed by atoms with Crippen LogP contribution >= 0.6 is 0 Å². The van der Waals surface area contributed by atoms with Gasteiger partial charge in [-0.1, -0.05) is 60.7 Å². The number of anilines is 1. The largest absolute Gasteiger partial charge is 0.495 e. The Kier molecular flexibility index (Phi) is 5.85. The number of carbonyl (C=O) groups excluding carboxylic acids is 3. The second-order valence-electron chi connectivity index (χ2n) is 11.0. The topological polar surface area (TPSA) is 107 Å². The van der Waals surface area contributed by atoms with E-state index in [1.807, 2.05) is 48.5 Å². The molecular formula is C32H29N3O6. The standard InChI is InChI=1S/C32H29N3O6/c1-31(40-15-16-41-31)17-25(36)34-33-18-32-21-11-5-3-9-19(21)26(20-10-4-6-12-22(20)32)27-28(32)30(38)35(29(27)37)23-13-7-8-14-24(23)39-2/h3-14,18,26-28H,15-17H2,1-2H3,(H,34,36)/b33-18-/t26?,27-,28-,32?/m0/s1. The van der Waals surface area contributed by atoms with Crippen molar-refractivity contribution >= 4 is 29.6 Å². The molecule has 3 aromatic rings. The Hall–Kier alpha value is -4.34. The minimum atomic E-state index is -1.09. The average Bonchev–Trinajstić information content (AvgIpc) is 3.53. The summed E-state index contributed by atoms with van der Waals surface area (Å²) in [5.41, 5.74) is 5.72. The fourth-order valence-corrected chi connectivity index (χ4v) is 7.30. The summed E-state index contributed by atoms with van der Waals surface area (Å²) in [6.45, 7) is 2.57. The summed E-state index contributed by atoms with van der Waals surface area (Å²) in [6, 6.07) is 22.8. The van der Waals surface area contributed by atoms with Crippen molar-refractivity contribution in [1.29, 1.82) is 0 Å². The van der Waals surface area contributed by atoms with Gasteiger partial charge in [-0.2, -0.15) is 5.10 Å². The fourth-order valence-electron chi connectivity index (χ4n) is 7.30. The highest BCUT2D eigenvalue weighted by Gasteiger charge is 2.68. The summed E-state index contributed by atoms with van der Waals surface area (Å²) in [5, 5.41) is 4.44. The van der Waals surface area contributed by atoms with E-state index in [9.17, 15) is 14.4 Å². The van der Waals surface area contributed by atoms with Gasteiger partial charge in [0.25, 0.3) is 0 Å². The lowest BCUT2D eigenvalue weighted by molar-refractivity contribution is -0.159. The lowest BCUT2D eigenvalue weighted by atomic mass is 9.47. The molecule has 0 radical (unpaired) electrons. The van der Waals surface area contributed by atoms with Crippen LogP contribution in [0, 0.1) is 11.8 Å². The SMILES string of the molecule is COc1ccccc1N1C(=O)[C@@H]2[C@@H](C1=O)C1c3ccccc3C2(/C=N\NC(=O)CC2(C)OCCO2)c2ccccc21. The van der Waals surface area contributed by atoms with Crippen molar-refractivity contribution in [2.75, 3.05) is 25.2 Å². The zero-order valence-electron chi connectivity index (χ0n) is 22.7. The number of carbonyl (C=O) groups is 3. The van der Waals surface area contributed by atoms with E-state index in [0.29, 0.717) is 24.7 Å². The molecule has 2 aliphatic heterocycles. The molecule has 2 heterocycles. The van der Waals surface area contributed by atoms with Crippen LogP contribution in [-0.4, -0.2) is 50.0 Å². The number of rotatable bonds is 6. The first-order valence-corrected chi connectivity index (χ1v) is 13.7. The van der Waals surface area contributed by atoms with Crippen LogP contribution in [-0.2, 0) is 29.3 Å². The van der Waals surface area contributed by atoms with Gasteiger partial charge in [0, 0.05) is 12.1 Å². The first-order chi connectivity index (χ1) is 19.9. The summed E-state index contributed by atoms with van der Waals surface area (Å²) in [4.78, 5) is 42.9. The normalized spacial score (nSPS) is 27.1. The lowest BCUT2D eigenvalue weighted by Gasteiger charge is -2.52. The molecule has 3 amide bonds. The monoisotopic (exact) mass is 551 g/mol. The van der Waals surface area contributed by atoms with Crippen molar-refractivity contribution in [3.63, 3.8) is 0 Å². The molecule has 2 atom stereocenters. The molecule has 3 aliphatic carbocycles. The zero-order chi connectivity index (χ0) is 28.4. The molecular weight excluding hydrogens is 522 g/mol. The first-order valence-electron chi connectivity index (χ1n) is 13.7. The van der Waals surface area contributed by atoms with Gasteiger partial charge in [-0.15, -0.1) is 0 Å². The van der Waals surface area contributed by atoms with Crippen LogP contribution in [0.5, 0.6) is 5.75 Å². The number of nitrogens with zero attached hydrogens (tertiary/aromatic N) is 2. The number of hydrogen-bond acceptors (Lipinski definition) is 7. The van der Waals surface area contributed by atoms with E-state index in [1.165, 1.54) is 12.0 Å². The molecule has 2 bridgehead atoms. The minimum Gasteiger partial charge on any atom is -0.495 e. The average molecular weight is 552 g/mol. The fraction of sp³-hybridized carbons (Fsp3) is 0.312. The van der Waals surface area contributed by atoms with Gasteiger partial charge in [0.05, 0.1) is 49.7 Å². The van der Waals surface area contributed by atoms with Crippen LogP contribution < -0.4 is 15.1 Å². The van der Waals surface area contributed by atoms with Crippen molar-refractivity contribution in [2.45, 2.75) is 30.5 Å². The van der Waals surface area contributed by atoms with Gasteiger partial charge in [0.1, 0.15) is 5.75 Å². The van der Waals surface area contributed by atoms with Crippen molar-refractivity contribution in [2.24, 2.45) is 16.9 Å². The van der Waals surface area contributed by atoms with Crippen molar-refractivity contribution in [3.8, 4) is 5.75 Å². The molecule has 3 aromatic carbocycles. The number of hydrazone groups is 1. The second-order valence-corrected chi connectivity index (χ2v) is 11.0. The summed E-state index contributed by atoms with van der Waals surface area (Å²) >= 11 is 0. The molecule has 8 rings (SSSR count). The van der Waals surface area contributed by atoms with E-state index in [1.54, 1.807) is 37.4 Å². The second kappa shape index (κ2) is 9.36. The van der Waals surface area contributed by atoms with E-state index in [-0.39, 0.29) is 30.1 Å². The Morgan fingerprint density at radius 3 is 2.24 bits per heavy atom. The van der Waals surface area contributed by atoms with E-state index in [4.69, 9.17) is 14.2 Å². The van der Waals surface area contributed by atoms with Crippen molar-refractivity contribution in [1.82, 2.24) is 5.43 Å². The van der Waals surface area contributed by atoms with Gasteiger partial charge in [0.2, 0.25) is 17.7 Å². The van der Waals surface area contributed by atoms with Crippen LogP contribution in [0.15, 0.2) is 77.9 Å². The molecule has 41 heavy (non-hydrogen) atoms. The van der Waals surface area contributed by atoms with Gasteiger partial charge >= 0.3 is 0 Å². The number of amides is 3. The number of hydrogen-bond donors (Lipinski definition) is 1. The Morgan fingerprint density at radius 2 is 1.59 bits per heavy atom. The molecule has 1 N–H and O–H groups in total. The third-order valence-corrected chi connectivity index (χ3v) is 8.85. The molecule has 0 unspecified atom stereocenters. The number of ether oxygens (including phenoxy) is 3. The number of methoxy groups -OCH3 is 1. The highest BCUT2D eigenvalue weighted by molar-refractivity contribution is 6.25. The molecule has 9 nitrogen and oxygen atoms in total. The Labute approximate surface area is 237 Å². The molecule has 9 heteroatoms. The molecule has 208 valence electrons. The number of para-hydroxylation sites is 2.